The van der Waals surface area contributed by atoms with Crippen molar-refractivity contribution < 1.29 is 9.59 Å². The molecule has 116 valence electrons. The topological polar surface area (TPSA) is 52.7 Å². The summed E-state index contributed by atoms with van der Waals surface area (Å²) < 4.78 is 0. The number of carbonyl (C=O) groups is 2. The molecule has 0 unspecified atom stereocenters. The Kier molecular flexibility index (Phi) is 2.78. The lowest BCUT2D eigenvalue weighted by atomic mass is 9.62. The highest BCUT2D eigenvalue weighted by Crippen LogP contribution is 2.58. The summed E-state index contributed by atoms with van der Waals surface area (Å²) in [7, 11) is 4.01. The fraction of sp³-hybridized carbons (Fsp3) is 0.529. The maximum atomic E-state index is 13.1. The van der Waals surface area contributed by atoms with Gasteiger partial charge in [0.1, 0.15) is 11.3 Å². The number of nitrogens with one attached hydrogen (secondary N) is 1. The van der Waals surface area contributed by atoms with E-state index in [-0.39, 0.29) is 11.7 Å². The van der Waals surface area contributed by atoms with Crippen LogP contribution in [0.25, 0.3) is 0 Å². The Labute approximate surface area is 130 Å². The number of rotatable bonds is 0. The standard InChI is InChI=1S/C17H21N3O2/c1-19-9-7-14(21)16(11-19)8-10-20(2)17(16)12-5-3-4-6-13(12)18-15(17)22/h3-6H,7-11H2,1-2H3,(H,18,22)/t16-,17+/m0/s1. The second kappa shape index (κ2) is 4.40. The van der Waals surface area contributed by atoms with E-state index < -0.39 is 11.0 Å². The molecule has 22 heavy (non-hydrogen) atoms. The molecule has 4 rings (SSSR count). The number of Topliss-reactive ketones (excluding diaryl/α,β-unsaturated/α-hetero) is 1. The molecule has 3 heterocycles. The third-order valence-corrected chi connectivity index (χ3v) is 5.83. The highest BCUT2D eigenvalue weighted by Gasteiger charge is 2.69. The van der Waals surface area contributed by atoms with Crippen LogP contribution in [0, 0.1) is 5.41 Å². The van der Waals surface area contributed by atoms with E-state index in [9.17, 15) is 9.59 Å². The number of para-hydroxylation sites is 1. The summed E-state index contributed by atoms with van der Waals surface area (Å²) in [5.41, 5.74) is 0.325. The van der Waals surface area contributed by atoms with E-state index in [2.05, 4.69) is 15.1 Å². The van der Waals surface area contributed by atoms with Crippen LogP contribution in [-0.4, -0.2) is 55.2 Å². The number of hydrogen-bond acceptors (Lipinski definition) is 4. The lowest BCUT2D eigenvalue weighted by Crippen LogP contribution is -2.63. The number of hydrogen-bond donors (Lipinski definition) is 1. The summed E-state index contributed by atoms with van der Waals surface area (Å²) in [5.74, 6) is 0.194. The van der Waals surface area contributed by atoms with Crippen molar-refractivity contribution >= 4 is 17.4 Å². The first-order valence-corrected chi connectivity index (χ1v) is 7.86. The molecule has 2 atom stereocenters. The lowest BCUT2D eigenvalue weighted by molar-refractivity contribution is -0.149. The molecule has 3 aliphatic rings. The van der Waals surface area contributed by atoms with Gasteiger partial charge in [0, 0.05) is 37.3 Å². The molecule has 1 amide bonds. The predicted octanol–water partition coefficient (Wildman–Crippen LogP) is 1.06. The third-order valence-electron chi connectivity index (χ3n) is 5.83. The molecule has 5 nitrogen and oxygen atoms in total. The van der Waals surface area contributed by atoms with Gasteiger partial charge >= 0.3 is 0 Å². The first kappa shape index (κ1) is 13.9. The van der Waals surface area contributed by atoms with Crippen molar-refractivity contribution in [2.24, 2.45) is 5.41 Å². The van der Waals surface area contributed by atoms with Crippen LogP contribution in [0.4, 0.5) is 5.69 Å². The van der Waals surface area contributed by atoms with Crippen LogP contribution in [0.5, 0.6) is 0 Å². The van der Waals surface area contributed by atoms with E-state index in [1.54, 1.807) is 0 Å². The maximum Gasteiger partial charge on any atom is 0.250 e. The van der Waals surface area contributed by atoms with Gasteiger partial charge in [-0.1, -0.05) is 18.2 Å². The zero-order valence-electron chi connectivity index (χ0n) is 13.1. The predicted molar refractivity (Wildman–Crippen MR) is 83.6 cm³/mol. The first-order valence-electron chi connectivity index (χ1n) is 7.86. The summed E-state index contributed by atoms with van der Waals surface area (Å²) >= 11 is 0. The van der Waals surface area contributed by atoms with Gasteiger partial charge in [-0.05, 0) is 26.6 Å². The summed E-state index contributed by atoms with van der Waals surface area (Å²) in [6, 6.07) is 7.81. The second-order valence-corrected chi connectivity index (χ2v) is 6.87. The van der Waals surface area contributed by atoms with E-state index in [4.69, 9.17) is 0 Å². The van der Waals surface area contributed by atoms with Crippen LogP contribution in [0.1, 0.15) is 18.4 Å². The maximum absolute atomic E-state index is 13.1. The molecule has 1 aromatic carbocycles. The number of amides is 1. The Morgan fingerprint density at radius 1 is 1.14 bits per heavy atom. The van der Waals surface area contributed by atoms with E-state index in [1.165, 1.54) is 0 Å². The van der Waals surface area contributed by atoms with Gasteiger partial charge in [0.15, 0.2) is 0 Å². The van der Waals surface area contributed by atoms with E-state index >= 15 is 0 Å². The molecule has 0 bridgehead atoms. The van der Waals surface area contributed by atoms with Gasteiger partial charge in [-0.15, -0.1) is 0 Å². The van der Waals surface area contributed by atoms with Crippen LogP contribution in [0.15, 0.2) is 24.3 Å². The van der Waals surface area contributed by atoms with Crippen LogP contribution in [0.2, 0.25) is 0 Å². The molecule has 2 spiro atoms. The van der Waals surface area contributed by atoms with Gasteiger partial charge in [0.05, 0.1) is 5.41 Å². The van der Waals surface area contributed by atoms with E-state index in [1.807, 2.05) is 38.4 Å². The number of piperidine rings is 1. The molecule has 3 aliphatic heterocycles. The van der Waals surface area contributed by atoms with Crippen molar-refractivity contribution in [3.8, 4) is 0 Å². The quantitative estimate of drug-likeness (QED) is 0.778. The van der Waals surface area contributed by atoms with Crippen LogP contribution >= 0.6 is 0 Å². The smallest absolute Gasteiger partial charge is 0.250 e. The largest absolute Gasteiger partial charge is 0.324 e. The Morgan fingerprint density at radius 2 is 1.91 bits per heavy atom. The number of likely N-dealkylation sites (tertiary alicyclic amines) is 2. The number of fused-ring (bicyclic) bond motifs is 3. The summed E-state index contributed by atoms with van der Waals surface area (Å²) in [6.07, 6.45) is 1.27. The molecule has 2 fully saturated rings. The van der Waals surface area contributed by atoms with Gasteiger partial charge in [0.25, 0.3) is 5.91 Å². The van der Waals surface area contributed by atoms with Crippen LogP contribution in [-0.2, 0) is 15.1 Å². The number of nitrogens with zero attached hydrogens (tertiary/aromatic N) is 2. The molecule has 0 aromatic heterocycles. The number of ketones is 1. The number of likely N-dealkylation sites (N-methyl/N-ethyl adjacent to an activating group) is 1. The molecular weight excluding hydrogens is 278 g/mol. The average Bonchev–Trinajstić information content (AvgIpc) is 2.96. The zero-order chi connectivity index (χ0) is 15.5. The Hall–Kier alpha value is -1.72. The number of anilines is 1. The lowest BCUT2D eigenvalue weighted by Gasteiger charge is -2.48. The molecule has 1 aromatic rings. The minimum atomic E-state index is -0.852. The zero-order valence-corrected chi connectivity index (χ0v) is 13.1. The Balaban J connectivity index is 1.98. The molecule has 0 radical (unpaired) electrons. The van der Waals surface area contributed by atoms with Crippen molar-refractivity contribution in [1.82, 2.24) is 9.80 Å². The van der Waals surface area contributed by atoms with Crippen molar-refractivity contribution in [2.45, 2.75) is 18.4 Å². The number of carbonyl (C=O) groups excluding carboxylic acids is 2. The Bertz CT molecular complexity index is 674. The summed E-state index contributed by atoms with van der Waals surface area (Å²) in [6.45, 7) is 2.20. The van der Waals surface area contributed by atoms with Crippen molar-refractivity contribution in [1.29, 1.82) is 0 Å². The van der Waals surface area contributed by atoms with Crippen molar-refractivity contribution in [2.75, 3.05) is 39.0 Å². The molecule has 2 saturated heterocycles. The highest BCUT2D eigenvalue weighted by molar-refractivity contribution is 6.10. The van der Waals surface area contributed by atoms with Gasteiger partial charge in [-0.25, -0.2) is 0 Å². The molecule has 1 N–H and O–H groups in total. The van der Waals surface area contributed by atoms with E-state index in [0.717, 1.165) is 30.8 Å². The monoisotopic (exact) mass is 299 g/mol. The molecule has 5 heteroatoms. The Morgan fingerprint density at radius 3 is 2.73 bits per heavy atom. The van der Waals surface area contributed by atoms with Crippen molar-refractivity contribution in [3.63, 3.8) is 0 Å². The average molecular weight is 299 g/mol. The molecule has 0 saturated carbocycles. The highest BCUT2D eigenvalue weighted by atomic mass is 16.2. The molecule has 0 aliphatic carbocycles. The van der Waals surface area contributed by atoms with Crippen molar-refractivity contribution in [3.05, 3.63) is 29.8 Å². The first-order chi connectivity index (χ1) is 10.5. The van der Waals surface area contributed by atoms with E-state index in [0.29, 0.717) is 13.0 Å². The van der Waals surface area contributed by atoms with Gasteiger partial charge < -0.3 is 10.2 Å². The molecular formula is C17H21N3O2. The summed E-state index contributed by atoms with van der Waals surface area (Å²) in [5, 5.41) is 3.02. The fourth-order valence-electron chi connectivity index (χ4n) is 4.86. The minimum Gasteiger partial charge on any atom is -0.324 e. The van der Waals surface area contributed by atoms with Crippen LogP contribution in [0.3, 0.4) is 0 Å². The number of benzene rings is 1. The third kappa shape index (κ3) is 1.41. The SMILES string of the molecule is CN1CCC(=O)[C@]2(CCN(C)[C@]23C(=O)Nc2ccccc23)C1. The van der Waals surface area contributed by atoms with Gasteiger partial charge in [0.2, 0.25) is 0 Å². The normalized spacial score (nSPS) is 35.4. The van der Waals surface area contributed by atoms with Gasteiger partial charge in [-0.3, -0.25) is 14.5 Å². The fourth-order valence-corrected chi connectivity index (χ4v) is 4.86. The van der Waals surface area contributed by atoms with Gasteiger partial charge in [-0.2, -0.15) is 0 Å². The second-order valence-electron chi connectivity index (χ2n) is 6.87. The van der Waals surface area contributed by atoms with Crippen LogP contribution < -0.4 is 5.32 Å². The minimum absolute atomic E-state index is 0.0441. The summed E-state index contributed by atoms with van der Waals surface area (Å²) in [4.78, 5) is 30.3.